The summed E-state index contributed by atoms with van der Waals surface area (Å²) < 4.78 is 0. The van der Waals surface area contributed by atoms with Gasteiger partial charge in [-0.2, -0.15) is 5.10 Å². The normalized spacial score (nSPS) is 11.2. The van der Waals surface area contributed by atoms with Crippen molar-refractivity contribution in [2.24, 2.45) is 0 Å². The Morgan fingerprint density at radius 1 is 0.744 bits per heavy atom. The van der Waals surface area contributed by atoms with Crippen molar-refractivity contribution in [2.45, 2.75) is 0 Å². The molecule has 39 heavy (non-hydrogen) atoms. The topological polar surface area (TPSA) is 112 Å². The average molecular weight is 508 g/mol. The zero-order chi connectivity index (χ0) is 26.2. The highest BCUT2D eigenvalue weighted by Gasteiger charge is 2.15. The number of nitrogens with one attached hydrogen (secondary N) is 3. The predicted molar refractivity (Wildman–Crippen MR) is 152 cm³/mol. The van der Waals surface area contributed by atoms with Crippen LogP contribution in [-0.4, -0.2) is 36.0 Å². The first-order valence-corrected chi connectivity index (χ1v) is 12.4. The maximum Gasteiger partial charge on any atom is 0.255 e. The fraction of sp³-hybridized carbons (Fsp3) is 0. The van der Waals surface area contributed by atoms with Crippen LogP contribution in [0, 0.1) is 0 Å². The molecule has 1 amide bonds. The molecule has 0 aliphatic heterocycles. The van der Waals surface area contributed by atoms with Crippen LogP contribution in [0.3, 0.4) is 0 Å². The lowest BCUT2D eigenvalue weighted by Crippen LogP contribution is -2.11. The van der Waals surface area contributed by atoms with Gasteiger partial charge in [0.25, 0.3) is 5.91 Å². The molecule has 3 N–H and O–H groups in total. The number of hydrogen-bond donors (Lipinski definition) is 3. The molecule has 0 spiro atoms. The van der Waals surface area contributed by atoms with Crippen LogP contribution in [0.2, 0.25) is 0 Å². The minimum Gasteiger partial charge on any atom is -0.338 e. The van der Waals surface area contributed by atoms with Crippen LogP contribution in [0.5, 0.6) is 0 Å². The van der Waals surface area contributed by atoms with Gasteiger partial charge in [0.1, 0.15) is 11.3 Å². The maximum absolute atomic E-state index is 12.6. The van der Waals surface area contributed by atoms with Crippen LogP contribution in [0.1, 0.15) is 10.4 Å². The summed E-state index contributed by atoms with van der Waals surface area (Å²) >= 11 is 0. The first-order valence-electron chi connectivity index (χ1n) is 12.4. The number of carbonyl (C=O) groups excluding carboxylic acids is 1. The number of hydrogen-bond acceptors (Lipinski definition) is 5. The fourth-order valence-corrected chi connectivity index (χ4v) is 4.79. The second-order valence-corrected chi connectivity index (χ2v) is 9.16. The molecule has 186 valence electrons. The highest BCUT2D eigenvalue weighted by Crippen LogP contribution is 2.34. The monoisotopic (exact) mass is 507 g/mol. The molecule has 8 nitrogen and oxygen atoms in total. The number of aromatic amines is 2. The molecule has 0 atom stereocenters. The Kier molecular flexibility index (Phi) is 5.41. The van der Waals surface area contributed by atoms with Crippen LogP contribution >= 0.6 is 0 Å². The van der Waals surface area contributed by atoms with Crippen LogP contribution in [0.25, 0.3) is 55.6 Å². The molecule has 7 aromatic rings. The van der Waals surface area contributed by atoms with E-state index in [9.17, 15) is 4.79 Å². The predicted octanol–water partition coefficient (Wildman–Crippen LogP) is 6.48. The number of anilines is 1. The van der Waals surface area contributed by atoms with E-state index in [0.717, 1.165) is 55.6 Å². The molecule has 0 unspecified atom stereocenters. The van der Waals surface area contributed by atoms with Crippen molar-refractivity contribution in [1.82, 2.24) is 30.1 Å². The minimum absolute atomic E-state index is 0.180. The third-order valence-corrected chi connectivity index (χ3v) is 6.69. The number of carbonyl (C=O) groups is 1. The molecule has 7 rings (SSSR count). The van der Waals surface area contributed by atoms with Crippen molar-refractivity contribution >= 4 is 33.5 Å². The lowest BCUT2D eigenvalue weighted by molar-refractivity contribution is 0.102. The molecule has 0 fully saturated rings. The van der Waals surface area contributed by atoms with Gasteiger partial charge in [0, 0.05) is 52.3 Å². The van der Waals surface area contributed by atoms with Crippen LogP contribution in [0.15, 0.2) is 110 Å². The molecule has 0 bridgehead atoms. The Morgan fingerprint density at radius 3 is 2.51 bits per heavy atom. The minimum atomic E-state index is -0.180. The SMILES string of the molecule is O=C(Nc1cncc(-c2ccc3[nH]nc(-c4cc5c(-c6cccnc6)ccnc5[nH]4)c3c2)c1)c1ccccc1. The van der Waals surface area contributed by atoms with E-state index in [-0.39, 0.29) is 5.91 Å². The summed E-state index contributed by atoms with van der Waals surface area (Å²) in [5.74, 6) is -0.180. The van der Waals surface area contributed by atoms with E-state index < -0.39 is 0 Å². The van der Waals surface area contributed by atoms with Crippen molar-refractivity contribution in [3.05, 3.63) is 115 Å². The van der Waals surface area contributed by atoms with Crippen LogP contribution in [-0.2, 0) is 0 Å². The third kappa shape index (κ3) is 4.19. The van der Waals surface area contributed by atoms with Gasteiger partial charge in [-0.15, -0.1) is 0 Å². The van der Waals surface area contributed by atoms with E-state index in [2.05, 4.69) is 47.6 Å². The molecule has 5 heterocycles. The van der Waals surface area contributed by atoms with Gasteiger partial charge in [-0.3, -0.25) is 19.9 Å². The number of aromatic nitrogens is 6. The number of amides is 1. The fourth-order valence-electron chi connectivity index (χ4n) is 4.79. The van der Waals surface area contributed by atoms with Crippen molar-refractivity contribution in [2.75, 3.05) is 5.32 Å². The summed E-state index contributed by atoms with van der Waals surface area (Å²) in [6, 6.07) is 25.2. The first-order chi connectivity index (χ1) is 19.2. The molecule has 0 radical (unpaired) electrons. The lowest BCUT2D eigenvalue weighted by atomic mass is 10.0. The zero-order valence-electron chi connectivity index (χ0n) is 20.6. The molecule has 0 aliphatic rings. The quantitative estimate of drug-likeness (QED) is 0.247. The molecule has 0 saturated heterocycles. The standard InChI is InChI=1S/C31H21N7O/c39-31(19-5-2-1-3-6-19)35-23-13-22(17-33-18-23)20-8-9-27-26(14-20)29(38-37-27)28-15-25-24(10-12-34-30(25)36-28)21-7-4-11-32-16-21/h1-18H,(H,34,36)(H,35,39)(H,37,38). The van der Waals surface area contributed by atoms with E-state index in [4.69, 9.17) is 0 Å². The highest BCUT2D eigenvalue weighted by atomic mass is 16.1. The number of nitrogens with zero attached hydrogens (tertiary/aromatic N) is 4. The van der Waals surface area contributed by atoms with E-state index in [1.54, 1.807) is 36.9 Å². The second-order valence-electron chi connectivity index (χ2n) is 9.16. The summed E-state index contributed by atoms with van der Waals surface area (Å²) in [5.41, 5.74) is 8.48. The van der Waals surface area contributed by atoms with Crippen LogP contribution in [0.4, 0.5) is 5.69 Å². The number of pyridine rings is 3. The molecule has 8 heteroatoms. The maximum atomic E-state index is 12.6. The van der Waals surface area contributed by atoms with Gasteiger partial charge in [0.2, 0.25) is 0 Å². The van der Waals surface area contributed by atoms with E-state index in [1.165, 1.54) is 0 Å². The summed E-state index contributed by atoms with van der Waals surface area (Å²) in [4.78, 5) is 29.2. The van der Waals surface area contributed by atoms with Gasteiger partial charge >= 0.3 is 0 Å². The Labute approximate surface area is 222 Å². The van der Waals surface area contributed by atoms with E-state index in [1.807, 2.05) is 60.8 Å². The summed E-state index contributed by atoms with van der Waals surface area (Å²) in [5, 5.41) is 12.7. The second kappa shape index (κ2) is 9.35. The van der Waals surface area contributed by atoms with Gasteiger partial charge in [-0.1, -0.05) is 30.3 Å². The van der Waals surface area contributed by atoms with Gasteiger partial charge in [-0.05, 0) is 59.7 Å². The van der Waals surface area contributed by atoms with Gasteiger partial charge in [0.05, 0.1) is 23.1 Å². The van der Waals surface area contributed by atoms with Gasteiger partial charge in [-0.25, -0.2) is 4.98 Å². The average Bonchev–Trinajstić information content (AvgIpc) is 3.62. The van der Waals surface area contributed by atoms with Gasteiger partial charge in [0.15, 0.2) is 0 Å². The summed E-state index contributed by atoms with van der Waals surface area (Å²) in [6.45, 7) is 0. The van der Waals surface area contributed by atoms with E-state index in [0.29, 0.717) is 11.3 Å². The molecule has 2 aromatic carbocycles. The Morgan fingerprint density at radius 2 is 1.64 bits per heavy atom. The van der Waals surface area contributed by atoms with Crippen molar-refractivity contribution in [3.63, 3.8) is 0 Å². The van der Waals surface area contributed by atoms with E-state index >= 15 is 0 Å². The molecule has 0 saturated carbocycles. The smallest absolute Gasteiger partial charge is 0.255 e. The lowest BCUT2D eigenvalue weighted by Gasteiger charge is -2.08. The van der Waals surface area contributed by atoms with Crippen LogP contribution < -0.4 is 5.32 Å². The third-order valence-electron chi connectivity index (χ3n) is 6.69. The Bertz CT molecular complexity index is 1960. The Balaban J connectivity index is 1.25. The summed E-state index contributed by atoms with van der Waals surface area (Å²) in [6.07, 6.45) is 8.83. The number of fused-ring (bicyclic) bond motifs is 2. The van der Waals surface area contributed by atoms with Gasteiger partial charge < -0.3 is 10.3 Å². The molecule has 5 aromatic heterocycles. The largest absolute Gasteiger partial charge is 0.338 e. The zero-order valence-corrected chi connectivity index (χ0v) is 20.6. The first kappa shape index (κ1) is 22.6. The highest BCUT2D eigenvalue weighted by molar-refractivity contribution is 6.04. The van der Waals surface area contributed by atoms with Crippen molar-refractivity contribution < 1.29 is 4.79 Å². The van der Waals surface area contributed by atoms with Crippen molar-refractivity contribution in [3.8, 4) is 33.6 Å². The molecule has 0 aliphatic carbocycles. The molecular weight excluding hydrogens is 486 g/mol. The number of H-pyrrole nitrogens is 2. The number of benzene rings is 2. The Hall–Kier alpha value is -5.63. The summed E-state index contributed by atoms with van der Waals surface area (Å²) in [7, 11) is 0. The number of rotatable bonds is 5. The van der Waals surface area contributed by atoms with Crippen molar-refractivity contribution in [1.29, 1.82) is 0 Å². The molecular formula is C31H21N7O.